The Bertz CT molecular complexity index is 1120. The van der Waals surface area contributed by atoms with Crippen LogP contribution >= 0.6 is 11.6 Å². The Hall–Kier alpha value is -3.39. The molecule has 0 bridgehead atoms. The number of benzene rings is 1. The van der Waals surface area contributed by atoms with E-state index in [0.717, 1.165) is 11.3 Å². The van der Waals surface area contributed by atoms with Crippen LogP contribution in [0.15, 0.2) is 48.7 Å². The zero-order valence-electron chi connectivity index (χ0n) is 19.5. The van der Waals surface area contributed by atoms with E-state index in [2.05, 4.69) is 15.0 Å². The number of rotatable bonds is 3. The number of ether oxygens (including phenoxy) is 2. The highest BCUT2D eigenvalue weighted by Gasteiger charge is 2.34. The predicted octanol–water partition coefficient (Wildman–Crippen LogP) is 6.47. The lowest BCUT2D eigenvalue weighted by Crippen LogP contribution is -2.44. The number of amides is 2. The zero-order chi connectivity index (χ0) is 24.4. The monoisotopic (exact) mass is 470 g/mol. The summed E-state index contributed by atoms with van der Waals surface area (Å²) in [7, 11) is 0. The fraction of sp³-hybridized carbons (Fsp3) is 0.333. The van der Waals surface area contributed by atoms with Crippen LogP contribution in [0.3, 0.4) is 0 Å². The van der Waals surface area contributed by atoms with Crippen molar-refractivity contribution in [1.29, 1.82) is 0 Å². The molecule has 0 aliphatic heterocycles. The first kappa shape index (κ1) is 24.3. The topological polar surface area (TPSA) is 97.4 Å². The molecule has 174 valence electrons. The number of nitrogens with zero attached hydrogens (tertiary/aromatic N) is 3. The molecule has 0 radical (unpaired) electrons. The minimum absolute atomic E-state index is 0.192. The van der Waals surface area contributed by atoms with Gasteiger partial charge in [-0.25, -0.2) is 19.6 Å². The molecule has 9 heteroatoms. The van der Waals surface area contributed by atoms with Crippen LogP contribution in [0.25, 0.3) is 22.6 Å². The van der Waals surface area contributed by atoms with E-state index in [4.69, 9.17) is 21.1 Å². The SMILES string of the molecule is CC(C)(C)OC(=O)N(C(=O)OC(C)(C)C)c1nccc(-c2[nH]c(-c3ccccc3)cc2Cl)n1. The van der Waals surface area contributed by atoms with Gasteiger partial charge in [-0.1, -0.05) is 41.9 Å². The normalized spacial score (nSPS) is 11.7. The molecule has 0 saturated carbocycles. The molecule has 0 aliphatic rings. The van der Waals surface area contributed by atoms with E-state index in [-0.39, 0.29) is 5.95 Å². The molecule has 0 spiro atoms. The molecule has 8 nitrogen and oxygen atoms in total. The lowest BCUT2D eigenvalue weighted by Gasteiger charge is -2.27. The number of carbonyl (C=O) groups excluding carboxylic acids is 2. The number of carbonyl (C=O) groups is 2. The number of anilines is 1. The van der Waals surface area contributed by atoms with Gasteiger partial charge in [-0.15, -0.1) is 4.90 Å². The number of imide groups is 1. The third kappa shape index (κ3) is 6.32. The molecule has 1 aromatic carbocycles. The van der Waals surface area contributed by atoms with E-state index in [9.17, 15) is 9.59 Å². The van der Waals surface area contributed by atoms with Crippen molar-refractivity contribution >= 4 is 29.7 Å². The molecule has 0 aliphatic carbocycles. The van der Waals surface area contributed by atoms with Crippen molar-refractivity contribution in [3.05, 3.63) is 53.7 Å². The summed E-state index contributed by atoms with van der Waals surface area (Å²) in [4.78, 5) is 38.2. The summed E-state index contributed by atoms with van der Waals surface area (Å²) < 4.78 is 10.8. The summed E-state index contributed by atoms with van der Waals surface area (Å²) in [6.07, 6.45) is -0.466. The minimum Gasteiger partial charge on any atom is -0.443 e. The maximum absolute atomic E-state index is 12.9. The van der Waals surface area contributed by atoms with Crippen LogP contribution in [-0.4, -0.2) is 38.3 Å². The van der Waals surface area contributed by atoms with Crippen molar-refractivity contribution in [2.24, 2.45) is 0 Å². The van der Waals surface area contributed by atoms with Crippen LogP contribution in [0.5, 0.6) is 0 Å². The molecule has 2 aromatic heterocycles. The number of halogens is 1. The molecular weight excluding hydrogens is 444 g/mol. The lowest BCUT2D eigenvalue weighted by atomic mass is 10.2. The van der Waals surface area contributed by atoms with Crippen LogP contribution in [0.4, 0.5) is 15.5 Å². The first-order valence-corrected chi connectivity index (χ1v) is 10.8. The molecule has 0 atom stereocenters. The van der Waals surface area contributed by atoms with E-state index < -0.39 is 23.4 Å². The second-order valence-electron chi connectivity index (χ2n) is 9.31. The van der Waals surface area contributed by atoms with Gasteiger partial charge in [0.2, 0.25) is 5.95 Å². The van der Waals surface area contributed by atoms with Crippen molar-refractivity contribution < 1.29 is 19.1 Å². The summed E-state index contributed by atoms with van der Waals surface area (Å²) in [5.74, 6) is -0.192. The average molecular weight is 471 g/mol. The molecule has 3 rings (SSSR count). The fourth-order valence-corrected chi connectivity index (χ4v) is 3.09. The molecule has 2 heterocycles. The van der Waals surface area contributed by atoms with E-state index in [1.807, 2.05) is 30.3 Å². The van der Waals surface area contributed by atoms with Crippen LogP contribution in [0.1, 0.15) is 41.5 Å². The molecule has 1 N–H and O–H groups in total. The van der Waals surface area contributed by atoms with Crippen molar-refractivity contribution in [1.82, 2.24) is 15.0 Å². The second-order valence-corrected chi connectivity index (χ2v) is 9.72. The maximum Gasteiger partial charge on any atom is 0.427 e. The van der Waals surface area contributed by atoms with Gasteiger partial charge in [0.05, 0.1) is 16.4 Å². The Morgan fingerprint density at radius 1 is 0.939 bits per heavy atom. The zero-order valence-corrected chi connectivity index (χ0v) is 20.2. The Labute approximate surface area is 197 Å². The molecule has 0 fully saturated rings. The average Bonchev–Trinajstić information content (AvgIpc) is 3.08. The molecule has 2 amide bonds. The van der Waals surface area contributed by atoms with E-state index in [1.165, 1.54) is 6.20 Å². The van der Waals surface area contributed by atoms with Gasteiger partial charge in [-0.3, -0.25) is 0 Å². The Morgan fingerprint density at radius 2 is 1.52 bits per heavy atom. The third-order valence-electron chi connectivity index (χ3n) is 4.11. The van der Waals surface area contributed by atoms with Gasteiger partial charge in [0.1, 0.15) is 11.2 Å². The summed E-state index contributed by atoms with van der Waals surface area (Å²) in [5, 5.41) is 0.430. The number of H-pyrrole nitrogens is 1. The van der Waals surface area contributed by atoms with Crippen LogP contribution in [-0.2, 0) is 9.47 Å². The third-order valence-corrected chi connectivity index (χ3v) is 4.40. The fourth-order valence-electron chi connectivity index (χ4n) is 2.84. The highest BCUT2D eigenvalue weighted by atomic mass is 35.5. The Morgan fingerprint density at radius 3 is 2.06 bits per heavy atom. The quantitative estimate of drug-likeness (QED) is 0.471. The highest BCUT2D eigenvalue weighted by molar-refractivity contribution is 6.33. The predicted molar refractivity (Wildman–Crippen MR) is 127 cm³/mol. The van der Waals surface area contributed by atoms with Crippen molar-refractivity contribution in [3.8, 4) is 22.6 Å². The Balaban J connectivity index is 2.01. The second kappa shape index (κ2) is 9.23. The van der Waals surface area contributed by atoms with E-state index in [1.54, 1.807) is 53.7 Å². The first-order chi connectivity index (χ1) is 15.3. The smallest absolute Gasteiger partial charge is 0.427 e. The van der Waals surface area contributed by atoms with Crippen molar-refractivity contribution in [3.63, 3.8) is 0 Å². The largest absolute Gasteiger partial charge is 0.443 e. The summed E-state index contributed by atoms with van der Waals surface area (Å²) in [5.41, 5.74) is 0.970. The van der Waals surface area contributed by atoms with Gasteiger partial charge in [0, 0.05) is 11.9 Å². The number of aromatic amines is 1. The number of aromatic nitrogens is 3. The summed E-state index contributed by atoms with van der Waals surface area (Å²) >= 11 is 6.47. The minimum atomic E-state index is -0.948. The molecule has 3 aromatic rings. The number of hydrogen-bond acceptors (Lipinski definition) is 6. The number of hydrogen-bond donors (Lipinski definition) is 1. The molecule has 33 heavy (non-hydrogen) atoms. The van der Waals surface area contributed by atoms with Crippen molar-refractivity contribution in [2.45, 2.75) is 52.7 Å². The highest BCUT2D eigenvalue weighted by Crippen LogP contribution is 2.32. The molecule has 0 saturated heterocycles. The molecule has 0 unspecified atom stereocenters. The molecular formula is C24H27ClN4O4. The maximum atomic E-state index is 12.9. The van der Waals surface area contributed by atoms with E-state index >= 15 is 0 Å². The van der Waals surface area contributed by atoms with Crippen LogP contribution in [0.2, 0.25) is 5.02 Å². The van der Waals surface area contributed by atoms with Gasteiger partial charge in [0.25, 0.3) is 0 Å². The first-order valence-electron chi connectivity index (χ1n) is 10.4. The van der Waals surface area contributed by atoms with Gasteiger partial charge >= 0.3 is 12.2 Å². The van der Waals surface area contributed by atoms with Gasteiger partial charge in [-0.05, 0) is 59.2 Å². The van der Waals surface area contributed by atoms with Crippen molar-refractivity contribution in [2.75, 3.05) is 4.90 Å². The summed E-state index contributed by atoms with van der Waals surface area (Å²) in [6, 6.07) is 13.1. The Kier molecular flexibility index (Phi) is 6.78. The summed E-state index contributed by atoms with van der Waals surface area (Å²) in [6.45, 7) is 10.2. The van der Waals surface area contributed by atoms with Crippen LogP contribution < -0.4 is 4.90 Å². The lowest BCUT2D eigenvalue weighted by molar-refractivity contribution is 0.0427. The standard InChI is InChI=1S/C24H27ClN4O4/c1-23(2,3)32-21(30)29(22(31)33-24(4,5)6)20-26-13-12-17(28-20)19-16(25)14-18(27-19)15-10-8-7-9-11-15/h7-14,27H,1-6H3. The van der Waals surface area contributed by atoms with Crippen LogP contribution in [0, 0.1) is 0 Å². The van der Waals surface area contributed by atoms with Gasteiger partial charge in [0.15, 0.2) is 0 Å². The number of nitrogens with one attached hydrogen (secondary N) is 1. The van der Waals surface area contributed by atoms with Gasteiger partial charge in [-0.2, -0.15) is 0 Å². The van der Waals surface area contributed by atoms with E-state index in [0.29, 0.717) is 21.3 Å². The van der Waals surface area contributed by atoms with Gasteiger partial charge < -0.3 is 14.5 Å².